The molecule has 0 spiro atoms. The van der Waals surface area contributed by atoms with Gasteiger partial charge < -0.3 is 10.5 Å². The Morgan fingerprint density at radius 1 is 1.16 bits per heavy atom. The normalized spacial score (nSPS) is 12.2. The van der Waals surface area contributed by atoms with Crippen LogP contribution in [0.4, 0.5) is 0 Å². The number of ether oxygens (including phenoxy) is 1. The molecule has 4 heteroatoms. The zero-order valence-electron chi connectivity index (χ0n) is 10.6. The van der Waals surface area contributed by atoms with Crippen molar-refractivity contribution in [3.8, 4) is 5.75 Å². The highest BCUT2D eigenvalue weighted by Gasteiger charge is 2.06. The first kappa shape index (κ1) is 14.6. The monoisotopic (exact) mass is 383 g/mol. The zero-order chi connectivity index (χ0) is 13.8. The molecule has 0 heterocycles. The fourth-order valence-corrected chi connectivity index (χ4v) is 2.93. The number of hydrogen-bond acceptors (Lipinski definition) is 2. The van der Waals surface area contributed by atoms with Gasteiger partial charge in [0.05, 0.1) is 0 Å². The molecule has 0 saturated heterocycles. The van der Waals surface area contributed by atoms with Crippen LogP contribution >= 0.6 is 31.9 Å². The standard InChI is InChI=1S/C15H15Br2NO/c1-10(18)14-6-5-13(8-15(14)17)19-9-11-3-2-4-12(16)7-11/h2-8,10H,9,18H2,1H3/t10-/m0/s1. The van der Waals surface area contributed by atoms with Crippen molar-refractivity contribution in [2.75, 3.05) is 0 Å². The van der Waals surface area contributed by atoms with E-state index in [-0.39, 0.29) is 6.04 Å². The van der Waals surface area contributed by atoms with E-state index in [2.05, 4.69) is 31.9 Å². The maximum Gasteiger partial charge on any atom is 0.120 e. The van der Waals surface area contributed by atoms with E-state index in [0.29, 0.717) is 6.61 Å². The van der Waals surface area contributed by atoms with Crippen molar-refractivity contribution in [1.29, 1.82) is 0 Å². The Labute approximate surface area is 130 Å². The van der Waals surface area contributed by atoms with Gasteiger partial charge >= 0.3 is 0 Å². The maximum atomic E-state index is 5.87. The van der Waals surface area contributed by atoms with Crippen LogP contribution < -0.4 is 10.5 Å². The van der Waals surface area contributed by atoms with Crippen LogP contribution in [0.25, 0.3) is 0 Å². The van der Waals surface area contributed by atoms with Gasteiger partial charge in [-0.05, 0) is 42.3 Å². The Bertz CT molecular complexity index is 570. The Balaban J connectivity index is 2.06. The average molecular weight is 385 g/mol. The summed E-state index contributed by atoms with van der Waals surface area (Å²) in [5.41, 5.74) is 8.08. The third-order valence-electron chi connectivity index (χ3n) is 2.76. The summed E-state index contributed by atoms with van der Waals surface area (Å²) in [4.78, 5) is 0. The average Bonchev–Trinajstić information content (AvgIpc) is 2.36. The molecule has 0 saturated carbocycles. The van der Waals surface area contributed by atoms with Crippen LogP contribution in [0.3, 0.4) is 0 Å². The number of nitrogens with two attached hydrogens (primary N) is 1. The zero-order valence-corrected chi connectivity index (χ0v) is 13.7. The number of rotatable bonds is 4. The van der Waals surface area contributed by atoms with Gasteiger partial charge in [0.25, 0.3) is 0 Å². The summed E-state index contributed by atoms with van der Waals surface area (Å²) in [5.74, 6) is 0.830. The Morgan fingerprint density at radius 2 is 1.95 bits per heavy atom. The minimum absolute atomic E-state index is 0.00787. The second-order valence-corrected chi connectivity index (χ2v) is 6.16. The Morgan fingerprint density at radius 3 is 2.58 bits per heavy atom. The molecule has 0 aliphatic heterocycles. The van der Waals surface area contributed by atoms with Gasteiger partial charge in [-0.25, -0.2) is 0 Å². The molecule has 2 N–H and O–H groups in total. The highest BCUT2D eigenvalue weighted by atomic mass is 79.9. The molecule has 2 rings (SSSR count). The van der Waals surface area contributed by atoms with Gasteiger partial charge in [0.2, 0.25) is 0 Å². The van der Waals surface area contributed by atoms with Crippen molar-refractivity contribution in [3.63, 3.8) is 0 Å². The largest absolute Gasteiger partial charge is 0.489 e. The van der Waals surface area contributed by atoms with E-state index in [9.17, 15) is 0 Å². The summed E-state index contributed by atoms with van der Waals surface area (Å²) in [6.07, 6.45) is 0. The van der Waals surface area contributed by atoms with Crippen LogP contribution in [0.5, 0.6) is 5.75 Å². The lowest BCUT2D eigenvalue weighted by Crippen LogP contribution is -2.05. The van der Waals surface area contributed by atoms with Crippen LogP contribution in [-0.2, 0) is 6.61 Å². The summed E-state index contributed by atoms with van der Waals surface area (Å²) in [6.45, 7) is 2.51. The number of benzene rings is 2. The summed E-state index contributed by atoms with van der Waals surface area (Å²) in [7, 11) is 0. The Kier molecular flexibility index (Phi) is 5.02. The highest BCUT2D eigenvalue weighted by molar-refractivity contribution is 9.10. The molecule has 0 aliphatic rings. The van der Waals surface area contributed by atoms with E-state index in [0.717, 1.165) is 25.8 Å². The van der Waals surface area contributed by atoms with E-state index in [1.54, 1.807) is 0 Å². The molecule has 2 aromatic rings. The van der Waals surface area contributed by atoms with Crippen molar-refractivity contribution >= 4 is 31.9 Å². The van der Waals surface area contributed by atoms with Gasteiger partial charge in [-0.2, -0.15) is 0 Å². The molecule has 0 bridgehead atoms. The van der Waals surface area contributed by atoms with E-state index in [4.69, 9.17) is 10.5 Å². The Hall–Kier alpha value is -0.840. The lowest BCUT2D eigenvalue weighted by Gasteiger charge is -2.11. The smallest absolute Gasteiger partial charge is 0.120 e. The first-order valence-corrected chi connectivity index (χ1v) is 7.57. The molecule has 2 aromatic carbocycles. The van der Waals surface area contributed by atoms with Crippen molar-refractivity contribution in [1.82, 2.24) is 0 Å². The lowest BCUT2D eigenvalue weighted by atomic mass is 10.1. The van der Waals surface area contributed by atoms with Gasteiger partial charge in [0, 0.05) is 15.0 Å². The van der Waals surface area contributed by atoms with Crippen LogP contribution in [0.15, 0.2) is 51.4 Å². The molecule has 2 nitrogen and oxygen atoms in total. The fraction of sp³-hybridized carbons (Fsp3) is 0.200. The molecule has 0 fully saturated rings. The third-order valence-corrected chi connectivity index (χ3v) is 3.94. The topological polar surface area (TPSA) is 35.2 Å². The van der Waals surface area contributed by atoms with E-state index in [1.807, 2.05) is 49.4 Å². The second kappa shape index (κ2) is 6.55. The predicted octanol–water partition coefficient (Wildman–Crippen LogP) is 4.81. The van der Waals surface area contributed by atoms with Gasteiger partial charge in [0.15, 0.2) is 0 Å². The van der Waals surface area contributed by atoms with Crippen LogP contribution in [0.1, 0.15) is 24.1 Å². The van der Waals surface area contributed by atoms with Gasteiger partial charge in [-0.1, -0.05) is 50.1 Å². The molecule has 19 heavy (non-hydrogen) atoms. The summed E-state index contributed by atoms with van der Waals surface area (Å²) < 4.78 is 7.81. The van der Waals surface area contributed by atoms with Gasteiger partial charge in [0.1, 0.15) is 12.4 Å². The molecule has 0 aromatic heterocycles. The van der Waals surface area contributed by atoms with Gasteiger partial charge in [-0.15, -0.1) is 0 Å². The minimum Gasteiger partial charge on any atom is -0.489 e. The maximum absolute atomic E-state index is 5.87. The van der Waals surface area contributed by atoms with Gasteiger partial charge in [-0.3, -0.25) is 0 Å². The SMILES string of the molecule is C[C@H](N)c1ccc(OCc2cccc(Br)c2)cc1Br. The van der Waals surface area contributed by atoms with E-state index < -0.39 is 0 Å². The van der Waals surface area contributed by atoms with Crippen molar-refractivity contribution < 1.29 is 4.74 Å². The number of hydrogen-bond donors (Lipinski definition) is 1. The molecule has 0 amide bonds. The number of halogens is 2. The molecule has 0 aliphatic carbocycles. The first-order chi connectivity index (χ1) is 9.06. The quantitative estimate of drug-likeness (QED) is 0.820. The lowest BCUT2D eigenvalue weighted by molar-refractivity contribution is 0.306. The predicted molar refractivity (Wildman–Crippen MR) is 85.2 cm³/mol. The van der Waals surface area contributed by atoms with E-state index in [1.165, 1.54) is 0 Å². The molecule has 0 radical (unpaired) electrons. The summed E-state index contributed by atoms with van der Waals surface area (Å²) in [5, 5.41) is 0. The van der Waals surface area contributed by atoms with Crippen LogP contribution in [-0.4, -0.2) is 0 Å². The summed E-state index contributed by atoms with van der Waals surface area (Å²) in [6, 6.07) is 14.0. The van der Waals surface area contributed by atoms with Crippen molar-refractivity contribution in [3.05, 3.63) is 62.5 Å². The molecule has 1 atom stereocenters. The second-order valence-electron chi connectivity index (χ2n) is 4.39. The van der Waals surface area contributed by atoms with Crippen molar-refractivity contribution in [2.24, 2.45) is 5.73 Å². The minimum atomic E-state index is 0.00787. The van der Waals surface area contributed by atoms with Crippen LogP contribution in [0, 0.1) is 0 Å². The molecular weight excluding hydrogens is 370 g/mol. The third kappa shape index (κ3) is 4.06. The highest BCUT2D eigenvalue weighted by Crippen LogP contribution is 2.27. The molecule has 100 valence electrons. The van der Waals surface area contributed by atoms with Crippen LogP contribution in [0.2, 0.25) is 0 Å². The summed E-state index contributed by atoms with van der Waals surface area (Å²) >= 11 is 6.97. The fourth-order valence-electron chi connectivity index (χ4n) is 1.76. The van der Waals surface area contributed by atoms with E-state index >= 15 is 0 Å². The molecular formula is C15H15Br2NO. The van der Waals surface area contributed by atoms with Crippen molar-refractivity contribution in [2.45, 2.75) is 19.6 Å². The molecule has 0 unspecified atom stereocenters. The first-order valence-electron chi connectivity index (χ1n) is 5.98.